The molecule has 0 bridgehead atoms. The second-order valence-corrected chi connectivity index (χ2v) is 2.90. The SMILES string of the molecule is C[C@H](N)[C@H](O)c1cccc(O)c1.Cl. The van der Waals surface area contributed by atoms with Crippen LogP contribution in [0.15, 0.2) is 24.3 Å². The summed E-state index contributed by atoms with van der Waals surface area (Å²) < 4.78 is 0. The molecule has 0 fully saturated rings. The zero-order valence-electron chi connectivity index (χ0n) is 7.34. The molecule has 0 aliphatic carbocycles. The first-order chi connectivity index (χ1) is 5.61. The van der Waals surface area contributed by atoms with E-state index in [-0.39, 0.29) is 24.2 Å². The molecular weight excluding hydrogens is 190 g/mol. The van der Waals surface area contributed by atoms with Gasteiger partial charge in [0.05, 0.1) is 6.10 Å². The lowest BCUT2D eigenvalue weighted by atomic mass is 10.0. The Morgan fingerprint density at radius 1 is 1.38 bits per heavy atom. The fourth-order valence-corrected chi connectivity index (χ4v) is 1.01. The topological polar surface area (TPSA) is 66.5 Å². The van der Waals surface area contributed by atoms with Gasteiger partial charge in [0.1, 0.15) is 5.75 Å². The Bertz CT molecular complexity index is 266. The molecule has 1 aromatic rings. The van der Waals surface area contributed by atoms with Gasteiger partial charge in [0, 0.05) is 6.04 Å². The van der Waals surface area contributed by atoms with E-state index in [1.807, 2.05) is 0 Å². The molecule has 1 rings (SSSR count). The maximum absolute atomic E-state index is 9.49. The summed E-state index contributed by atoms with van der Waals surface area (Å²) in [5, 5.41) is 18.6. The fraction of sp³-hybridized carbons (Fsp3) is 0.333. The lowest BCUT2D eigenvalue weighted by Gasteiger charge is -2.14. The van der Waals surface area contributed by atoms with Gasteiger partial charge in [-0.25, -0.2) is 0 Å². The van der Waals surface area contributed by atoms with Crippen molar-refractivity contribution in [1.82, 2.24) is 0 Å². The summed E-state index contributed by atoms with van der Waals surface area (Å²) in [6.45, 7) is 1.72. The van der Waals surface area contributed by atoms with E-state index in [1.165, 1.54) is 6.07 Å². The molecule has 3 nitrogen and oxygen atoms in total. The Kier molecular flexibility index (Phi) is 4.77. The van der Waals surface area contributed by atoms with E-state index in [9.17, 15) is 5.11 Å². The summed E-state index contributed by atoms with van der Waals surface area (Å²) in [6.07, 6.45) is -0.711. The Labute approximate surface area is 83.6 Å². The van der Waals surface area contributed by atoms with Gasteiger partial charge in [0.15, 0.2) is 0 Å². The number of benzene rings is 1. The van der Waals surface area contributed by atoms with Crippen molar-refractivity contribution in [1.29, 1.82) is 0 Å². The maximum Gasteiger partial charge on any atom is 0.115 e. The number of phenolic OH excluding ortho intramolecular Hbond substituents is 1. The third kappa shape index (κ3) is 3.22. The average Bonchev–Trinajstić information content (AvgIpc) is 2.03. The van der Waals surface area contributed by atoms with E-state index in [2.05, 4.69) is 0 Å². The second kappa shape index (κ2) is 5.07. The number of rotatable bonds is 2. The van der Waals surface area contributed by atoms with Gasteiger partial charge in [-0.05, 0) is 24.6 Å². The van der Waals surface area contributed by atoms with E-state index >= 15 is 0 Å². The summed E-state index contributed by atoms with van der Waals surface area (Å²) >= 11 is 0. The van der Waals surface area contributed by atoms with E-state index in [1.54, 1.807) is 25.1 Å². The van der Waals surface area contributed by atoms with Crippen molar-refractivity contribution in [2.24, 2.45) is 5.73 Å². The molecule has 2 atom stereocenters. The minimum atomic E-state index is -0.711. The summed E-state index contributed by atoms with van der Waals surface area (Å²) in [5.74, 6) is 0.146. The summed E-state index contributed by atoms with van der Waals surface area (Å²) in [6, 6.07) is 6.14. The maximum atomic E-state index is 9.49. The van der Waals surface area contributed by atoms with Crippen LogP contribution in [0.1, 0.15) is 18.6 Å². The highest BCUT2D eigenvalue weighted by atomic mass is 35.5. The van der Waals surface area contributed by atoms with Crippen LogP contribution in [0.5, 0.6) is 5.75 Å². The van der Waals surface area contributed by atoms with Crippen molar-refractivity contribution < 1.29 is 10.2 Å². The van der Waals surface area contributed by atoms with E-state index in [0.717, 1.165) is 0 Å². The molecule has 0 heterocycles. The van der Waals surface area contributed by atoms with Gasteiger partial charge in [0.2, 0.25) is 0 Å². The van der Waals surface area contributed by atoms with Gasteiger partial charge in [-0.1, -0.05) is 12.1 Å². The van der Waals surface area contributed by atoms with Crippen LogP contribution >= 0.6 is 12.4 Å². The minimum absolute atomic E-state index is 0. The molecule has 0 aliphatic heterocycles. The van der Waals surface area contributed by atoms with Crippen molar-refractivity contribution in [3.05, 3.63) is 29.8 Å². The van der Waals surface area contributed by atoms with E-state index in [4.69, 9.17) is 10.8 Å². The number of aliphatic hydroxyl groups excluding tert-OH is 1. The number of hydrogen-bond donors (Lipinski definition) is 3. The van der Waals surface area contributed by atoms with Gasteiger partial charge in [0.25, 0.3) is 0 Å². The molecule has 0 unspecified atom stereocenters. The Balaban J connectivity index is 0.00000144. The lowest BCUT2D eigenvalue weighted by Crippen LogP contribution is -2.24. The molecule has 13 heavy (non-hydrogen) atoms. The predicted molar refractivity (Wildman–Crippen MR) is 54.0 cm³/mol. The summed E-state index contributed by atoms with van der Waals surface area (Å²) in [5.41, 5.74) is 6.13. The van der Waals surface area contributed by atoms with Crippen molar-refractivity contribution in [2.75, 3.05) is 0 Å². The summed E-state index contributed by atoms with van der Waals surface area (Å²) in [4.78, 5) is 0. The van der Waals surface area contributed by atoms with Crippen LogP contribution in [-0.4, -0.2) is 16.3 Å². The van der Waals surface area contributed by atoms with Gasteiger partial charge >= 0.3 is 0 Å². The molecule has 0 aromatic heterocycles. The lowest BCUT2D eigenvalue weighted by molar-refractivity contribution is 0.153. The van der Waals surface area contributed by atoms with Crippen LogP contribution in [-0.2, 0) is 0 Å². The molecular formula is C9H14ClNO2. The molecule has 0 amide bonds. The molecule has 0 spiro atoms. The number of nitrogens with two attached hydrogens (primary N) is 1. The molecule has 0 radical (unpaired) electrons. The van der Waals surface area contributed by atoms with Crippen molar-refractivity contribution in [3.8, 4) is 5.75 Å². The number of phenols is 1. The highest BCUT2D eigenvalue weighted by Gasteiger charge is 2.11. The van der Waals surface area contributed by atoms with Gasteiger partial charge in [-0.2, -0.15) is 0 Å². The molecule has 4 N–H and O–H groups in total. The summed E-state index contributed by atoms with van der Waals surface area (Å²) in [7, 11) is 0. The second-order valence-electron chi connectivity index (χ2n) is 2.90. The Hall–Kier alpha value is -0.770. The molecule has 0 saturated carbocycles. The molecule has 0 aliphatic rings. The molecule has 1 aromatic carbocycles. The highest BCUT2D eigenvalue weighted by molar-refractivity contribution is 5.85. The van der Waals surface area contributed by atoms with Crippen LogP contribution in [0.4, 0.5) is 0 Å². The first-order valence-corrected chi connectivity index (χ1v) is 3.84. The number of halogens is 1. The molecule has 74 valence electrons. The predicted octanol–water partition coefficient (Wildman–Crippen LogP) is 1.19. The van der Waals surface area contributed by atoms with Crippen molar-refractivity contribution in [2.45, 2.75) is 19.1 Å². The first-order valence-electron chi connectivity index (χ1n) is 3.84. The fourth-order valence-electron chi connectivity index (χ4n) is 1.01. The van der Waals surface area contributed by atoms with Crippen molar-refractivity contribution in [3.63, 3.8) is 0 Å². The van der Waals surface area contributed by atoms with E-state index < -0.39 is 6.10 Å². The minimum Gasteiger partial charge on any atom is -0.508 e. The normalized spacial score (nSPS) is 14.4. The van der Waals surface area contributed by atoms with Crippen LogP contribution in [0.25, 0.3) is 0 Å². The molecule has 0 saturated heterocycles. The zero-order chi connectivity index (χ0) is 9.14. The largest absolute Gasteiger partial charge is 0.508 e. The van der Waals surface area contributed by atoms with Crippen molar-refractivity contribution >= 4 is 12.4 Å². The molecule has 4 heteroatoms. The zero-order valence-corrected chi connectivity index (χ0v) is 8.16. The third-order valence-corrected chi connectivity index (χ3v) is 1.71. The van der Waals surface area contributed by atoms with Crippen LogP contribution in [0.3, 0.4) is 0 Å². The van der Waals surface area contributed by atoms with Crippen LogP contribution < -0.4 is 5.73 Å². The van der Waals surface area contributed by atoms with Crippen LogP contribution in [0.2, 0.25) is 0 Å². The standard InChI is InChI=1S/C9H13NO2.ClH/c1-6(10)9(12)7-3-2-4-8(11)5-7;/h2-6,9,11-12H,10H2,1H3;1H/t6-,9-;/m0./s1. The smallest absolute Gasteiger partial charge is 0.115 e. The number of aliphatic hydroxyl groups is 1. The monoisotopic (exact) mass is 203 g/mol. The average molecular weight is 204 g/mol. The third-order valence-electron chi connectivity index (χ3n) is 1.71. The van der Waals surface area contributed by atoms with Crippen LogP contribution in [0, 0.1) is 0 Å². The van der Waals surface area contributed by atoms with Gasteiger partial charge < -0.3 is 15.9 Å². The van der Waals surface area contributed by atoms with Gasteiger partial charge in [-0.15, -0.1) is 12.4 Å². The van der Waals surface area contributed by atoms with E-state index in [0.29, 0.717) is 5.56 Å². The van der Waals surface area contributed by atoms with Gasteiger partial charge in [-0.3, -0.25) is 0 Å². The highest BCUT2D eigenvalue weighted by Crippen LogP contribution is 2.19. The quantitative estimate of drug-likeness (QED) is 0.677. The number of hydrogen-bond acceptors (Lipinski definition) is 3. The Morgan fingerprint density at radius 3 is 2.46 bits per heavy atom. The number of aromatic hydroxyl groups is 1. The Morgan fingerprint density at radius 2 is 2.00 bits per heavy atom. The first kappa shape index (κ1) is 12.2.